The van der Waals surface area contributed by atoms with Crippen LogP contribution >= 0.6 is 0 Å². The van der Waals surface area contributed by atoms with Crippen LogP contribution in [0.3, 0.4) is 0 Å². The molecule has 0 aromatic heterocycles. The molecule has 2 aliphatic heterocycles. The third-order valence-corrected chi connectivity index (χ3v) is 6.13. The van der Waals surface area contributed by atoms with Gasteiger partial charge >= 0.3 is 0 Å². The summed E-state index contributed by atoms with van der Waals surface area (Å²) in [6, 6.07) is 9.38. The fourth-order valence-corrected chi connectivity index (χ4v) is 4.15. The second-order valence-electron chi connectivity index (χ2n) is 8.27. The fraction of sp³-hybridized carbons (Fsp3) is 0.591. The zero-order valence-corrected chi connectivity index (χ0v) is 17.0. The molecule has 29 heavy (non-hydrogen) atoms. The molecule has 1 aromatic carbocycles. The van der Waals surface area contributed by atoms with Crippen LogP contribution in [0.1, 0.15) is 29.6 Å². The first kappa shape index (κ1) is 19.9. The Morgan fingerprint density at radius 1 is 0.759 bits per heavy atom. The zero-order valence-electron chi connectivity index (χ0n) is 17.0. The molecule has 0 atom stereocenters. The highest BCUT2D eigenvalue weighted by atomic mass is 16.2. The van der Waals surface area contributed by atoms with Crippen LogP contribution in [0.2, 0.25) is 0 Å². The Balaban J connectivity index is 1.23. The fourth-order valence-electron chi connectivity index (χ4n) is 4.15. The van der Waals surface area contributed by atoms with Gasteiger partial charge in [0.05, 0.1) is 6.54 Å². The number of carbonyl (C=O) groups excluding carboxylic acids is 3. The lowest BCUT2D eigenvalue weighted by Gasteiger charge is -2.36. The van der Waals surface area contributed by atoms with Crippen molar-refractivity contribution in [3.8, 4) is 0 Å². The van der Waals surface area contributed by atoms with Gasteiger partial charge in [-0.3, -0.25) is 19.3 Å². The van der Waals surface area contributed by atoms with Crippen molar-refractivity contribution in [2.24, 2.45) is 5.92 Å². The summed E-state index contributed by atoms with van der Waals surface area (Å²) in [5.41, 5.74) is 0.718. The number of hydrogen-bond acceptors (Lipinski definition) is 4. The maximum absolute atomic E-state index is 12.7. The number of nitrogens with zero attached hydrogens (tertiary/aromatic N) is 4. The van der Waals surface area contributed by atoms with Gasteiger partial charge in [-0.25, -0.2) is 0 Å². The lowest BCUT2D eigenvalue weighted by atomic mass is 10.2. The first-order valence-electron chi connectivity index (χ1n) is 10.7. The quantitative estimate of drug-likeness (QED) is 0.757. The molecule has 0 radical (unpaired) electrons. The van der Waals surface area contributed by atoms with E-state index in [4.69, 9.17) is 0 Å². The van der Waals surface area contributed by atoms with Crippen molar-refractivity contribution in [3.63, 3.8) is 0 Å². The summed E-state index contributed by atoms with van der Waals surface area (Å²) >= 11 is 0. The minimum absolute atomic E-state index is 0.0650. The zero-order chi connectivity index (χ0) is 20.2. The van der Waals surface area contributed by atoms with E-state index < -0.39 is 0 Å². The SMILES string of the molecule is O=C(CN1CCCN(C(=O)c2ccccc2)CC1)N1CCN(C(=O)C2CC2)CC1. The number of hydrogen-bond donors (Lipinski definition) is 0. The third kappa shape index (κ3) is 4.96. The molecule has 0 spiro atoms. The first-order valence-corrected chi connectivity index (χ1v) is 10.7. The van der Waals surface area contributed by atoms with Gasteiger partial charge in [-0.2, -0.15) is 0 Å². The van der Waals surface area contributed by atoms with E-state index in [1.807, 2.05) is 45.0 Å². The van der Waals surface area contributed by atoms with E-state index in [-0.39, 0.29) is 23.6 Å². The average molecular weight is 399 g/mol. The van der Waals surface area contributed by atoms with Crippen LogP contribution in [0.5, 0.6) is 0 Å². The summed E-state index contributed by atoms with van der Waals surface area (Å²) in [6.07, 6.45) is 2.92. The number of benzene rings is 1. The van der Waals surface area contributed by atoms with Crippen LogP contribution in [0.25, 0.3) is 0 Å². The number of piperazine rings is 1. The monoisotopic (exact) mass is 398 g/mol. The Kier molecular flexibility index (Phi) is 6.13. The first-order chi connectivity index (χ1) is 14.1. The number of rotatable bonds is 4. The van der Waals surface area contributed by atoms with Gasteiger partial charge in [0.2, 0.25) is 11.8 Å². The number of carbonyl (C=O) groups is 3. The molecule has 2 heterocycles. The van der Waals surface area contributed by atoms with Crippen molar-refractivity contribution in [1.82, 2.24) is 19.6 Å². The molecule has 0 bridgehead atoms. The van der Waals surface area contributed by atoms with Gasteiger partial charge in [-0.1, -0.05) is 18.2 Å². The van der Waals surface area contributed by atoms with Crippen molar-refractivity contribution < 1.29 is 14.4 Å². The molecular formula is C22H30N4O3. The minimum Gasteiger partial charge on any atom is -0.339 e. The van der Waals surface area contributed by atoms with E-state index >= 15 is 0 Å². The molecule has 0 N–H and O–H groups in total. The molecule has 1 saturated carbocycles. The highest BCUT2D eigenvalue weighted by Crippen LogP contribution is 2.31. The molecule has 3 amide bonds. The summed E-state index contributed by atoms with van der Waals surface area (Å²) in [7, 11) is 0. The van der Waals surface area contributed by atoms with E-state index in [0.717, 1.165) is 37.9 Å². The lowest BCUT2D eigenvalue weighted by molar-refractivity contribution is -0.140. The van der Waals surface area contributed by atoms with Crippen LogP contribution in [0, 0.1) is 5.92 Å². The molecule has 2 saturated heterocycles. The van der Waals surface area contributed by atoms with E-state index in [1.54, 1.807) is 0 Å². The average Bonchev–Trinajstić information content (AvgIpc) is 3.61. The largest absolute Gasteiger partial charge is 0.339 e. The van der Waals surface area contributed by atoms with E-state index in [9.17, 15) is 14.4 Å². The van der Waals surface area contributed by atoms with Gasteiger partial charge in [0.15, 0.2) is 0 Å². The molecule has 0 unspecified atom stereocenters. The highest BCUT2D eigenvalue weighted by molar-refractivity contribution is 5.94. The summed E-state index contributed by atoms with van der Waals surface area (Å²) < 4.78 is 0. The number of amides is 3. The predicted molar refractivity (Wildman–Crippen MR) is 109 cm³/mol. The van der Waals surface area contributed by atoms with E-state index in [2.05, 4.69) is 4.90 Å². The molecular weight excluding hydrogens is 368 g/mol. The summed E-state index contributed by atoms with van der Waals surface area (Å²) in [6.45, 7) is 5.86. The van der Waals surface area contributed by atoms with E-state index in [0.29, 0.717) is 45.8 Å². The molecule has 1 aliphatic carbocycles. The van der Waals surface area contributed by atoms with Crippen LogP contribution in [-0.4, -0.2) is 96.2 Å². The molecule has 3 aliphatic rings. The molecule has 3 fully saturated rings. The third-order valence-electron chi connectivity index (χ3n) is 6.13. The topological polar surface area (TPSA) is 64.2 Å². The van der Waals surface area contributed by atoms with Crippen LogP contribution in [-0.2, 0) is 9.59 Å². The smallest absolute Gasteiger partial charge is 0.253 e. The molecule has 4 rings (SSSR count). The van der Waals surface area contributed by atoms with Gasteiger partial charge in [-0.15, -0.1) is 0 Å². The van der Waals surface area contributed by atoms with Gasteiger partial charge in [0.1, 0.15) is 0 Å². The second kappa shape index (κ2) is 8.95. The van der Waals surface area contributed by atoms with Crippen molar-refractivity contribution >= 4 is 17.7 Å². The van der Waals surface area contributed by atoms with Gasteiger partial charge in [0.25, 0.3) is 5.91 Å². The van der Waals surface area contributed by atoms with Gasteiger partial charge in [0, 0.05) is 63.8 Å². The predicted octanol–water partition coefficient (Wildman–Crippen LogP) is 0.915. The van der Waals surface area contributed by atoms with Crippen LogP contribution < -0.4 is 0 Å². The highest BCUT2D eigenvalue weighted by Gasteiger charge is 2.35. The summed E-state index contributed by atoms with van der Waals surface area (Å²) in [5.74, 6) is 0.713. The summed E-state index contributed by atoms with van der Waals surface area (Å²) in [4.78, 5) is 45.4. The Morgan fingerprint density at radius 3 is 2.10 bits per heavy atom. The molecule has 1 aromatic rings. The maximum Gasteiger partial charge on any atom is 0.253 e. The van der Waals surface area contributed by atoms with Crippen molar-refractivity contribution in [2.45, 2.75) is 19.3 Å². The van der Waals surface area contributed by atoms with Crippen molar-refractivity contribution in [1.29, 1.82) is 0 Å². The van der Waals surface area contributed by atoms with Gasteiger partial charge < -0.3 is 14.7 Å². The van der Waals surface area contributed by atoms with Crippen LogP contribution in [0.15, 0.2) is 30.3 Å². The summed E-state index contributed by atoms with van der Waals surface area (Å²) in [5, 5.41) is 0. The molecule has 156 valence electrons. The lowest BCUT2D eigenvalue weighted by Crippen LogP contribution is -2.53. The molecule has 7 heteroatoms. The van der Waals surface area contributed by atoms with E-state index in [1.165, 1.54) is 0 Å². The Hall–Kier alpha value is -2.41. The Labute approximate surface area is 172 Å². The standard InChI is InChI=1S/C22H30N4O3/c27-20(24-13-15-26(16-14-24)22(29)19-7-8-19)17-23-9-4-10-25(12-11-23)21(28)18-5-2-1-3-6-18/h1-3,5-6,19H,4,7-17H2. The van der Waals surface area contributed by atoms with Crippen LogP contribution in [0.4, 0.5) is 0 Å². The Morgan fingerprint density at radius 2 is 1.41 bits per heavy atom. The molecule has 7 nitrogen and oxygen atoms in total. The van der Waals surface area contributed by atoms with Gasteiger partial charge in [-0.05, 0) is 31.4 Å². The van der Waals surface area contributed by atoms with Crippen molar-refractivity contribution in [3.05, 3.63) is 35.9 Å². The second-order valence-corrected chi connectivity index (χ2v) is 8.27. The Bertz CT molecular complexity index is 742. The maximum atomic E-state index is 12.7. The normalized spacial score (nSPS) is 21.0. The van der Waals surface area contributed by atoms with Crippen molar-refractivity contribution in [2.75, 3.05) is 58.9 Å². The minimum atomic E-state index is 0.0650.